The number of carboxylic acids is 1. The molecule has 0 bridgehead atoms. The minimum absolute atomic E-state index is 0.213. The van der Waals surface area contributed by atoms with Crippen molar-refractivity contribution in [2.75, 3.05) is 13.1 Å². The van der Waals surface area contributed by atoms with Crippen LogP contribution in [0.4, 0.5) is 4.79 Å². The third-order valence-corrected chi connectivity index (χ3v) is 3.22. The number of aliphatic carboxylic acids is 1. The van der Waals surface area contributed by atoms with E-state index in [9.17, 15) is 9.59 Å². The molecule has 2 heterocycles. The van der Waals surface area contributed by atoms with E-state index < -0.39 is 11.9 Å². The third kappa shape index (κ3) is 3.67. The quantitative estimate of drug-likeness (QED) is 0.855. The highest BCUT2D eigenvalue weighted by atomic mass is 16.4. The van der Waals surface area contributed by atoms with Crippen molar-refractivity contribution in [1.82, 2.24) is 15.2 Å². The van der Waals surface area contributed by atoms with Crippen molar-refractivity contribution in [3.8, 4) is 0 Å². The zero-order chi connectivity index (χ0) is 13.7. The van der Waals surface area contributed by atoms with E-state index in [1.807, 2.05) is 12.1 Å². The molecule has 1 unspecified atom stereocenters. The number of hydrogen-bond donors (Lipinski definition) is 2. The van der Waals surface area contributed by atoms with Gasteiger partial charge in [-0.2, -0.15) is 0 Å². The number of amides is 2. The summed E-state index contributed by atoms with van der Waals surface area (Å²) in [5.74, 6) is -1.28. The number of aromatic nitrogens is 1. The Balaban J connectivity index is 1.84. The molecule has 1 aromatic rings. The molecule has 0 saturated carbocycles. The fourth-order valence-electron chi connectivity index (χ4n) is 2.16. The first-order valence-electron chi connectivity index (χ1n) is 6.31. The van der Waals surface area contributed by atoms with Crippen molar-refractivity contribution in [3.05, 3.63) is 30.1 Å². The zero-order valence-corrected chi connectivity index (χ0v) is 10.6. The molecule has 2 N–H and O–H groups in total. The van der Waals surface area contributed by atoms with Gasteiger partial charge in [0.05, 0.1) is 5.92 Å². The van der Waals surface area contributed by atoms with Crippen molar-refractivity contribution < 1.29 is 14.7 Å². The van der Waals surface area contributed by atoms with Crippen molar-refractivity contribution in [2.45, 2.75) is 19.4 Å². The van der Waals surface area contributed by atoms with Gasteiger partial charge >= 0.3 is 12.0 Å². The summed E-state index contributed by atoms with van der Waals surface area (Å²) in [6.07, 6.45) is 4.74. The summed E-state index contributed by atoms with van der Waals surface area (Å²) < 4.78 is 0. The number of carbonyl (C=O) groups is 2. The van der Waals surface area contributed by atoms with E-state index in [4.69, 9.17) is 5.11 Å². The fourth-order valence-corrected chi connectivity index (χ4v) is 2.16. The number of pyridine rings is 1. The lowest BCUT2D eigenvalue weighted by molar-refractivity contribution is -0.143. The van der Waals surface area contributed by atoms with Gasteiger partial charge in [0.1, 0.15) is 0 Å². The molecule has 1 aromatic heterocycles. The lowest BCUT2D eigenvalue weighted by Gasteiger charge is -2.30. The van der Waals surface area contributed by atoms with E-state index in [0.717, 1.165) is 12.0 Å². The van der Waals surface area contributed by atoms with Crippen LogP contribution in [0.1, 0.15) is 18.4 Å². The van der Waals surface area contributed by atoms with Gasteiger partial charge in [-0.1, -0.05) is 6.07 Å². The topological polar surface area (TPSA) is 82.5 Å². The molecule has 1 fully saturated rings. The number of likely N-dealkylation sites (tertiary alicyclic amines) is 1. The molecule has 0 spiro atoms. The Morgan fingerprint density at radius 1 is 1.53 bits per heavy atom. The van der Waals surface area contributed by atoms with Gasteiger partial charge in [0.2, 0.25) is 0 Å². The molecule has 1 atom stereocenters. The van der Waals surface area contributed by atoms with Crippen molar-refractivity contribution in [2.24, 2.45) is 5.92 Å². The molecule has 1 saturated heterocycles. The number of nitrogens with zero attached hydrogens (tertiary/aromatic N) is 2. The monoisotopic (exact) mass is 263 g/mol. The summed E-state index contributed by atoms with van der Waals surface area (Å²) in [6.45, 7) is 1.30. The maximum Gasteiger partial charge on any atom is 0.317 e. The zero-order valence-electron chi connectivity index (χ0n) is 10.6. The Labute approximate surface area is 111 Å². The van der Waals surface area contributed by atoms with Gasteiger partial charge in [0, 0.05) is 32.0 Å². The molecule has 1 aliphatic heterocycles. The number of urea groups is 1. The molecule has 19 heavy (non-hydrogen) atoms. The summed E-state index contributed by atoms with van der Waals surface area (Å²) >= 11 is 0. The first-order chi connectivity index (χ1) is 9.16. The minimum Gasteiger partial charge on any atom is -0.481 e. The standard InChI is InChI=1S/C13H17N3O3/c17-12(18)11-4-2-6-16(9-11)13(19)15-8-10-3-1-5-14-7-10/h1,3,5,7,11H,2,4,6,8-9H2,(H,15,19)(H,17,18). The van der Waals surface area contributed by atoms with Crippen molar-refractivity contribution in [3.63, 3.8) is 0 Å². The highest BCUT2D eigenvalue weighted by Crippen LogP contribution is 2.16. The summed E-state index contributed by atoms with van der Waals surface area (Å²) in [6, 6.07) is 3.47. The maximum absolute atomic E-state index is 11.9. The predicted octanol–water partition coefficient (Wildman–Crippen LogP) is 1.09. The first kappa shape index (κ1) is 13.3. The van der Waals surface area contributed by atoms with E-state index in [-0.39, 0.29) is 12.6 Å². The number of hydrogen-bond acceptors (Lipinski definition) is 3. The average Bonchev–Trinajstić information content (AvgIpc) is 2.46. The van der Waals surface area contributed by atoms with Crippen LogP contribution in [0.5, 0.6) is 0 Å². The summed E-state index contributed by atoms with van der Waals surface area (Å²) in [7, 11) is 0. The van der Waals surface area contributed by atoms with Gasteiger partial charge in [-0.15, -0.1) is 0 Å². The molecule has 1 aliphatic rings. The fraction of sp³-hybridized carbons (Fsp3) is 0.462. The Morgan fingerprint density at radius 2 is 2.37 bits per heavy atom. The average molecular weight is 263 g/mol. The maximum atomic E-state index is 11.9. The summed E-state index contributed by atoms with van der Waals surface area (Å²) in [4.78, 5) is 28.4. The van der Waals surface area contributed by atoms with Crippen LogP contribution in [0.15, 0.2) is 24.5 Å². The third-order valence-electron chi connectivity index (χ3n) is 3.22. The number of carboxylic acid groups (broad SMARTS) is 1. The lowest BCUT2D eigenvalue weighted by atomic mass is 9.99. The Hall–Kier alpha value is -2.11. The SMILES string of the molecule is O=C(O)C1CCCN(C(=O)NCc2cccnc2)C1. The predicted molar refractivity (Wildman–Crippen MR) is 68.4 cm³/mol. The van der Waals surface area contributed by atoms with Crippen LogP contribution in [0.3, 0.4) is 0 Å². The second-order valence-corrected chi connectivity index (χ2v) is 4.64. The molecular formula is C13H17N3O3. The van der Waals surface area contributed by atoms with Crippen molar-refractivity contribution in [1.29, 1.82) is 0 Å². The number of piperidine rings is 1. The normalized spacial score (nSPS) is 18.9. The van der Waals surface area contributed by atoms with Gasteiger partial charge in [-0.05, 0) is 24.5 Å². The number of carbonyl (C=O) groups excluding carboxylic acids is 1. The van der Waals surface area contributed by atoms with Crippen LogP contribution < -0.4 is 5.32 Å². The van der Waals surface area contributed by atoms with Gasteiger partial charge in [-0.3, -0.25) is 9.78 Å². The summed E-state index contributed by atoms with van der Waals surface area (Å²) in [5, 5.41) is 11.8. The highest BCUT2D eigenvalue weighted by molar-refractivity contribution is 5.76. The van der Waals surface area contributed by atoms with Gasteiger partial charge in [-0.25, -0.2) is 4.79 Å². The molecule has 102 valence electrons. The van der Waals surface area contributed by atoms with Crippen LogP contribution >= 0.6 is 0 Å². The lowest BCUT2D eigenvalue weighted by Crippen LogP contribution is -2.46. The molecule has 2 amide bonds. The first-order valence-corrected chi connectivity index (χ1v) is 6.31. The highest BCUT2D eigenvalue weighted by Gasteiger charge is 2.27. The van der Waals surface area contributed by atoms with Crippen LogP contribution in [0.2, 0.25) is 0 Å². The van der Waals surface area contributed by atoms with Crippen molar-refractivity contribution >= 4 is 12.0 Å². The smallest absolute Gasteiger partial charge is 0.317 e. The number of nitrogens with one attached hydrogen (secondary N) is 1. The van der Waals surface area contributed by atoms with Gasteiger partial charge < -0.3 is 15.3 Å². The Bertz CT molecular complexity index is 450. The molecular weight excluding hydrogens is 246 g/mol. The molecule has 0 radical (unpaired) electrons. The minimum atomic E-state index is -0.829. The van der Waals surface area contributed by atoms with Crippen LogP contribution in [-0.2, 0) is 11.3 Å². The van der Waals surface area contributed by atoms with Crippen LogP contribution in [0, 0.1) is 5.92 Å². The van der Waals surface area contributed by atoms with Gasteiger partial charge in [0.15, 0.2) is 0 Å². The summed E-state index contributed by atoms with van der Waals surface area (Å²) in [5.41, 5.74) is 0.919. The van der Waals surface area contributed by atoms with Crippen LogP contribution in [-0.4, -0.2) is 40.1 Å². The van der Waals surface area contributed by atoms with E-state index in [0.29, 0.717) is 19.5 Å². The molecule has 6 heteroatoms. The van der Waals surface area contributed by atoms with Crippen LogP contribution in [0.25, 0.3) is 0 Å². The second-order valence-electron chi connectivity index (χ2n) is 4.64. The van der Waals surface area contributed by atoms with Gasteiger partial charge in [0.25, 0.3) is 0 Å². The van der Waals surface area contributed by atoms with E-state index >= 15 is 0 Å². The molecule has 0 aromatic carbocycles. The Morgan fingerprint density at radius 3 is 3.05 bits per heavy atom. The molecule has 0 aliphatic carbocycles. The largest absolute Gasteiger partial charge is 0.481 e. The Kier molecular flexibility index (Phi) is 4.33. The van der Waals surface area contributed by atoms with E-state index in [2.05, 4.69) is 10.3 Å². The van der Waals surface area contributed by atoms with E-state index in [1.54, 1.807) is 17.3 Å². The molecule has 2 rings (SSSR count). The molecule has 6 nitrogen and oxygen atoms in total. The van der Waals surface area contributed by atoms with E-state index in [1.165, 1.54) is 0 Å². The second kappa shape index (κ2) is 6.17. The number of rotatable bonds is 3.